The van der Waals surface area contributed by atoms with Crippen LogP contribution in [0.1, 0.15) is 22.5 Å². The van der Waals surface area contributed by atoms with E-state index in [2.05, 4.69) is 57.0 Å². The summed E-state index contributed by atoms with van der Waals surface area (Å²) >= 11 is 0. The summed E-state index contributed by atoms with van der Waals surface area (Å²) in [5.74, 6) is 0.575. The van der Waals surface area contributed by atoms with Crippen LogP contribution in [0.3, 0.4) is 0 Å². The maximum absolute atomic E-state index is 4.25. The second-order valence-corrected chi connectivity index (χ2v) is 5.55. The molecular weight excluding hydrogens is 296 g/mol. The Morgan fingerprint density at radius 1 is 0.583 bits per heavy atom. The highest BCUT2D eigenvalue weighted by molar-refractivity contribution is 5.55. The molecule has 4 heteroatoms. The zero-order valence-corrected chi connectivity index (χ0v) is 12.9. The molecule has 4 nitrogen and oxygen atoms in total. The summed E-state index contributed by atoms with van der Waals surface area (Å²) in [5, 5.41) is 16.0. The maximum Gasteiger partial charge on any atom is 0.0768 e. The van der Waals surface area contributed by atoms with Crippen molar-refractivity contribution in [3.8, 4) is 0 Å². The molecule has 0 atom stereocenters. The Balaban J connectivity index is 2.12. The van der Waals surface area contributed by atoms with Gasteiger partial charge in [0, 0.05) is 5.82 Å². The lowest BCUT2D eigenvalue weighted by Gasteiger charge is -2.36. The van der Waals surface area contributed by atoms with Crippen LogP contribution in [0.4, 0.5) is 0 Å². The summed E-state index contributed by atoms with van der Waals surface area (Å²) in [5.41, 5.74) is 2.60. The van der Waals surface area contributed by atoms with Crippen LogP contribution >= 0.6 is 0 Å². The van der Waals surface area contributed by atoms with Gasteiger partial charge in [0.05, 0.1) is 5.41 Å². The SMILES string of the molecule is c1ccc(C(c2ccccc2)(c2ccccc2)c2nnn[n-]2)cc1. The van der Waals surface area contributed by atoms with Crippen LogP contribution in [0, 0.1) is 0 Å². The smallest absolute Gasteiger partial charge is 0.0768 e. The molecule has 0 fully saturated rings. The summed E-state index contributed by atoms with van der Waals surface area (Å²) in [4.78, 5) is 0. The zero-order valence-electron chi connectivity index (χ0n) is 12.9. The number of rotatable bonds is 4. The van der Waals surface area contributed by atoms with Crippen LogP contribution in [0.25, 0.3) is 0 Å². The van der Waals surface area contributed by atoms with Crippen molar-refractivity contribution in [3.05, 3.63) is 114 Å². The average molecular weight is 311 g/mol. The van der Waals surface area contributed by atoms with Crippen molar-refractivity contribution in [2.45, 2.75) is 5.41 Å². The first-order chi connectivity index (χ1) is 11.9. The number of hydrogen-bond acceptors (Lipinski definition) is 3. The third kappa shape index (κ3) is 2.20. The molecule has 0 radical (unpaired) electrons. The molecule has 0 saturated carbocycles. The van der Waals surface area contributed by atoms with Crippen LogP contribution in [0.15, 0.2) is 91.0 Å². The second-order valence-electron chi connectivity index (χ2n) is 5.55. The fraction of sp³-hybridized carbons (Fsp3) is 0.0500. The van der Waals surface area contributed by atoms with Crippen molar-refractivity contribution < 1.29 is 0 Å². The molecule has 3 aromatic carbocycles. The number of benzene rings is 3. The monoisotopic (exact) mass is 311 g/mol. The van der Waals surface area contributed by atoms with Crippen LogP contribution in [0.2, 0.25) is 0 Å². The topological polar surface area (TPSA) is 52.8 Å². The lowest BCUT2D eigenvalue weighted by atomic mass is 9.69. The summed E-state index contributed by atoms with van der Waals surface area (Å²) < 4.78 is 0. The molecule has 0 aliphatic rings. The summed E-state index contributed by atoms with van der Waals surface area (Å²) in [6.07, 6.45) is 0. The van der Waals surface area contributed by atoms with Crippen molar-refractivity contribution in [2.75, 3.05) is 0 Å². The molecule has 0 bridgehead atoms. The van der Waals surface area contributed by atoms with E-state index in [0.717, 1.165) is 16.7 Å². The molecule has 0 aliphatic heterocycles. The van der Waals surface area contributed by atoms with Gasteiger partial charge < -0.3 is 5.10 Å². The van der Waals surface area contributed by atoms with E-state index in [4.69, 9.17) is 0 Å². The number of hydrogen-bond donors (Lipinski definition) is 0. The van der Waals surface area contributed by atoms with Crippen LogP contribution < -0.4 is 5.10 Å². The van der Waals surface area contributed by atoms with Crippen LogP contribution in [-0.2, 0) is 5.41 Å². The van der Waals surface area contributed by atoms with Crippen molar-refractivity contribution in [1.29, 1.82) is 0 Å². The van der Waals surface area contributed by atoms with E-state index in [0.29, 0.717) is 5.82 Å². The molecular formula is C20H15N4-. The quantitative estimate of drug-likeness (QED) is 0.543. The van der Waals surface area contributed by atoms with Crippen molar-refractivity contribution in [1.82, 2.24) is 20.6 Å². The molecule has 4 aromatic rings. The first kappa shape index (κ1) is 14.3. The third-order valence-corrected chi connectivity index (χ3v) is 4.27. The van der Waals surface area contributed by atoms with Gasteiger partial charge in [-0.3, -0.25) is 10.3 Å². The van der Waals surface area contributed by atoms with E-state index in [1.54, 1.807) is 0 Å². The molecule has 0 aliphatic carbocycles. The summed E-state index contributed by atoms with van der Waals surface area (Å²) in [7, 11) is 0. The lowest BCUT2D eigenvalue weighted by Crippen LogP contribution is -2.32. The van der Waals surface area contributed by atoms with Gasteiger partial charge in [-0.15, -0.1) is 0 Å². The van der Waals surface area contributed by atoms with E-state index in [-0.39, 0.29) is 0 Å². The standard InChI is InChI=1S/C20H15N4/c1-4-10-16(11-5-1)20(19-21-23-24-22-19,17-12-6-2-7-13-17)18-14-8-3-9-15-18/h1-15H/q-1. The van der Waals surface area contributed by atoms with Crippen molar-refractivity contribution >= 4 is 0 Å². The largest absolute Gasteiger partial charge is 0.334 e. The zero-order chi connectivity index (χ0) is 16.2. The van der Waals surface area contributed by atoms with Crippen molar-refractivity contribution in [3.63, 3.8) is 0 Å². The number of tetrazole rings is 1. The molecule has 0 N–H and O–H groups in total. The van der Waals surface area contributed by atoms with Gasteiger partial charge in [-0.25, -0.2) is 0 Å². The van der Waals surface area contributed by atoms with Gasteiger partial charge in [0.1, 0.15) is 0 Å². The fourth-order valence-electron chi connectivity index (χ4n) is 3.25. The molecule has 0 unspecified atom stereocenters. The van der Waals surface area contributed by atoms with E-state index >= 15 is 0 Å². The normalized spacial score (nSPS) is 11.3. The third-order valence-electron chi connectivity index (χ3n) is 4.27. The van der Waals surface area contributed by atoms with Crippen LogP contribution in [0.5, 0.6) is 0 Å². The highest BCUT2D eigenvalue weighted by Gasteiger charge is 2.37. The highest BCUT2D eigenvalue weighted by Crippen LogP contribution is 2.42. The van der Waals surface area contributed by atoms with Gasteiger partial charge in [0.15, 0.2) is 0 Å². The van der Waals surface area contributed by atoms with Gasteiger partial charge in [0.25, 0.3) is 0 Å². The molecule has 0 saturated heterocycles. The molecule has 4 rings (SSSR count). The fourth-order valence-corrected chi connectivity index (χ4v) is 3.25. The van der Waals surface area contributed by atoms with Gasteiger partial charge in [0.2, 0.25) is 0 Å². The van der Waals surface area contributed by atoms with E-state index in [9.17, 15) is 0 Å². The lowest BCUT2D eigenvalue weighted by molar-refractivity contribution is 0.677. The first-order valence-electron chi connectivity index (χ1n) is 7.78. The van der Waals surface area contributed by atoms with E-state index < -0.39 is 5.41 Å². The second kappa shape index (κ2) is 6.08. The van der Waals surface area contributed by atoms with Gasteiger partial charge in [-0.1, -0.05) is 91.0 Å². The minimum atomic E-state index is -0.646. The van der Waals surface area contributed by atoms with Gasteiger partial charge in [-0.2, -0.15) is 5.21 Å². The van der Waals surface area contributed by atoms with E-state index in [1.165, 1.54) is 0 Å². The Labute approximate surface area is 140 Å². The molecule has 116 valence electrons. The average Bonchev–Trinajstić information content (AvgIpc) is 3.20. The summed E-state index contributed by atoms with van der Waals surface area (Å²) in [6.45, 7) is 0. The summed E-state index contributed by atoms with van der Waals surface area (Å²) in [6, 6.07) is 30.7. The molecule has 0 spiro atoms. The Hall–Kier alpha value is -3.27. The Morgan fingerprint density at radius 2 is 1.00 bits per heavy atom. The van der Waals surface area contributed by atoms with Gasteiger partial charge in [-0.05, 0) is 16.7 Å². The Kier molecular flexibility index (Phi) is 3.63. The Bertz CT molecular complexity index is 792. The molecule has 0 amide bonds. The first-order valence-corrected chi connectivity index (χ1v) is 7.78. The predicted molar refractivity (Wildman–Crippen MR) is 91.5 cm³/mol. The van der Waals surface area contributed by atoms with E-state index in [1.807, 2.05) is 54.6 Å². The van der Waals surface area contributed by atoms with Crippen LogP contribution in [-0.4, -0.2) is 15.5 Å². The molecule has 24 heavy (non-hydrogen) atoms. The number of aromatic nitrogens is 4. The minimum absolute atomic E-state index is 0.575. The highest BCUT2D eigenvalue weighted by atomic mass is 15.5. The van der Waals surface area contributed by atoms with Gasteiger partial charge >= 0.3 is 0 Å². The maximum atomic E-state index is 4.25. The minimum Gasteiger partial charge on any atom is -0.334 e. The number of nitrogens with zero attached hydrogens (tertiary/aromatic N) is 4. The predicted octanol–water partition coefficient (Wildman–Crippen LogP) is 3.21. The molecule has 1 heterocycles. The molecule has 1 aromatic heterocycles. The Morgan fingerprint density at radius 3 is 1.33 bits per heavy atom. The van der Waals surface area contributed by atoms with Crippen molar-refractivity contribution in [2.24, 2.45) is 0 Å².